The van der Waals surface area contributed by atoms with E-state index in [4.69, 9.17) is 0 Å². The Kier molecular flexibility index (Phi) is 6.05. The molecule has 1 aromatic heterocycles. The summed E-state index contributed by atoms with van der Waals surface area (Å²) in [4.78, 5) is 0. The highest BCUT2D eigenvalue weighted by molar-refractivity contribution is 5.28. The second-order valence-electron chi connectivity index (χ2n) is 5.22. The van der Waals surface area contributed by atoms with Crippen molar-refractivity contribution in [1.29, 1.82) is 0 Å². The van der Waals surface area contributed by atoms with Crippen LogP contribution in [0.5, 0.6) is 0 Å². The number of nitrogens with one attached hydrogen (secondary N) is 1. The van der Waals surface area contributed by atoms with Crippen molar-refractivity contribution in [2.45, 2.75) is 58.7 Å². The lowest BCUT2D eigenvalue weighted by molar-refractivity contribution is -0.135. The summed E-state index contributed by atoms with van der Waals surface area (Å²) in [5.41, 5.74) is 2.96. The van der Waals surface area contributed by atoms with Crippen LogP contribution in [0.2, 0.25) is 0 Å². The van der Waals surface area contributed by atoms with Gasteiger partial charge < -0.3 is 5.32 Å². The molecule has 0 amide bonds. The van der Waals surface area contributed by atoms with Gasteiger partial charge in [0.25, 0.3) is 0 Å². The van der Waals surface area contributed by atoms with Gasteiger partial charge in [-0.05, 0) is 39.7 Å². The van der Waals surface area contributed by atoms with Crippen LogP contribution < -0.4 is 5.32 Å². The molecule has 0 fully saturated rings. The molecule has 0 saturated heterocycles. The van der Waals surface area contributed by atoms with Crippen molar-refractivity contribution in [3.8, 4) is 0 Å². The van der Waals surface area contributed by atoms with E-state index in [1.165, 1.54) is 0 Å². The minimum absolute atomic E-state index is 0.0500. The number of halogens is 3. The molecule has 0 aliphatic rings. The predicted octanol–water partition coefficient (Wildman–Crippen LogP) is 3.81. The second-order valence-corrected chi connectivity index (χ2v) is 5.22. The smallest absolute Gasteiger partial charge is 0.310 e. The van der Waals surface area contributed by atoms with Crippen molar-refractivity contribution in [2.75, 3.05) is 6.54 Å². The molecule has 1 N–H and O–H groups in total. The topological polar surface area (TPSA) is 29.9 Å². The Morgan fingerprint density at radius 3 is 2.40 bits per heavy atom. The highest BCUT2D eigenvalue weighted by Crippen LogP contribution is 2.29. The summed E-state index contributed by atoms with van der Waals surface area (Å²) in [5, 5.41) is 7.70. The second kappa shape index (κ2) is 7.11. The highest BCUT2D eigenvalue weighted by atomic mass is 19.4. The van der Waals surface area contributed by atoms with E-state index in [2.05, 4.69) is 10.4 Å². The van der Waals surface area contributed by atoms with Crippen molar-refractivity contribution in [3.63, 3.8) is 0 Å². The third-order valence-corrected chi connectivity index (χ3v) is 3.51. The zero-order valence-electron chi connectivity index (χ0n) is 12.6. The van der Waals surface area contributed by atoms with Crippen molar-refractivity contribution in [1.82, 2.24) is 15.1 Å². The lowest BCUT2D eigenvalue weighted by Crippen LogP contribution is -2.24. The van der Waals surface area contributed by atoms with E-state index in [1.807, 2.05) is 27.8 Å². The van der Waals surface area contributed by atoms with E-state index in [-0.39, 0.29) is 12.5 Å². The lowest BCUT2D eigenvalue weighted by atomic mass is 9.99. The number of rotatable bonds is 7. The van der Waals surface area contributed by atoms with Crippen LogP contribution in [0.25, 0.3) is 0 Å². The normalized spacial score (nSPS) is 13.8. The zero-order chi connectivity index (χ0) is 15.3. The quantitative estimate of drug-likeness (QED) is 0.828. The standard InChI is InChI=1S/C14H24F3N3/c1-5-9-18-12(7-6-8-14(15,16)17)13-10(2)19-20(4)11(13)3/h12,18H,5-9H2,1-4H3. The number of aryl methyl sites for hydroxylation is 2. The van der Waals surface area contributed by atoms with E-state index in [0.717, 1.165) is 29.9 Å². The Morgan fingerprint density at radius 1 is 1.30 bits per heavy atom. The average Bonchev–Trinajstić information content (AvgIpc) is 2.57. The zero-order valence-corrected chi connectivity index (χ0v) is 12.6. The van der Waals surface area contributed by atoms with Gasteiger partial charge in [-0.15, -0.1) is 0 Å². The summed E-state index contributed by atoms with van der Waals surface area (Å²) < 4.78 is 38.6. The van der Waals surface area contributed by atoms with Crippen molar-refractivity contribution < 1.29 is 13.2 Å². The fourth-order valence-electron chi connectivity index (χ4n) is 2.47. The minimum atomic E-state index is -4.08. The Balaban J connectivity index is 2.78. The van der Waals surface area contributed by atoms with Crippen molar-refractivity contribution >= 4 is 0 Å². The van der Waals surface area contributed by atoms with Gasteiger partial charge in [0.15, 0.2) is 0 Å². The molecule has 0 bridgehead atoms. The van der Waals surface area contributed by atoms with E-state index in [1.54, 1.807) is 4.68 Å². The third kappa shape index (κ3) is 4.81. The van der Waals surface area contributed by atoms with E-state index in [0.29, 0.717) is 6.42 Å². The molecule has 3 nitrogen and oxygen atoms in total. The van der Waals surface area contributed by atoms with Crippen LogP contribution in [0.1, 0.15) is 55.6 Å². The first-order valence-corrected chi connectivity index (χ1v) is 7.06. The number of hydrogen-bond donors (Lipinski definition) is 1. The largest absolute Gasteiger partial charge is 0.389 e. The molecule has 0 aliphatic carbocycles. The van der Waals surface area contributed by atoms with Gasteiger partial charge in [0.2, 0.25) is 0 Å². The van der Waals surface area contributed by atoms with Gasteiger partial charge in [0.05, 0.1) is 5.69 Å². The first kappa shape index (κ1) is 17.0. The van der Waals surface area contributed by atoms with Gasteiger partial charge >= 0.3 is 6.18 Å². The van der Waals surface area contributed by atoms with E-state index >= 15 is 0 Å². The summed E-state index contributed by atoms with van der Waals surface area (Å²) in [5.74, 6) is 0. The molecule has 1 heterocycles. The van der Waals surface area contributed by atoms with E-state index in [9.17, 15) is 13.2 Å². The number of aromatic nitrogens is 2. The summed E-state index contributed by atoms with van der Waals surface area (Å²) in [6, 6.07) is -0.0500. The molecule has 0 spiro atoms. The van der Waals surface area contributed by atoms with Gasteiger partial charge in [0, 0.05) is 30.8 Å². The van der Waals surface area contributed by atoms with Gasteiger partial charge in [0.1, 0.15) is 0 Å². The maximum Gasteiger partial charge on any atom is 0.389 e. The molecule has 1 aromatic rings. The number of hydrogen-bond acceptors (Lipinski definition) is 2. The molecule has 0 aliphatic heterocycles. The fraction of sp³-hybridized carbons (Fsp3) is 0.786. The third-order valence-electron chi connectivity index (χ3n) is 3.51. The van der Waals surface area contributed by atoms with Crippen LogP contribution >= 0.6 is 0 Å². The van der Waals surface area contributed by atoms with Crippen LogP contribution in [0.4, 0.5) is 13.2 Å². The SMILES string of the molecule is CCCNC(CCCC(F)(F)F)c1c(C)nn(C)c1C. The summed E-state index contributed by atoms with van der Waals surface area (Å²) in [7, 11) is 1.86. The van der Waals surface area contributed by atoms with E-state index < -0.39 is 12.6 Å². The first-order valence-electron chi connectivity index (χ1n) is 7.06. The van der Waals surface area contributed by atoms with Gasteiger partial charge in [-0.3, -0.25) is 4.68 Å². The van der Waals surface area contributed by atoms with Gasteiger partial charge in [-0.25, -0.2) is 0 Å². The van der Waals surface area contributed by atoms with Crippen LogP contribution in [-0.4, -0.2) is 22.5 Å². The molecular weight excluding hydrogens is 267 g/mol. The summed E-state index contributed by atoms with van der Waals surface area (Å²) in [6.45, 7) is 6.71. The van der Waals surface area contributed by atoms with Crippen LogP contribution in [0.3, 0.4) is 0 Å². The molecule has 20 heavy (non-hydrogen) atoms. The Morgan fingerprint density at radius 2 is 1.95 bits per heavy atom. The highest BCUT2D eigenvalue weighted by Gasteiger charge is 2.27. The van der Waals surface area contributed by atoms with Crippen molar-refractivity contribution in [2.24, 2.45) is 7.05 Å². The number of alkyl halides is 3. The maximum atomic E-state index is 12.3. The molecule has 1 unspecified atom stereocenters. The molecule has 1 rings (SSSR count). The Labute approximate surface area is 118 Å². The molecular formula is C14H24F3N3. The van der Waals surface area contributed by atoms with Crippen LogP contribution in [-0.2, 0) is 7.05 Å². The Bertz CT molecular complexity index is 424. The summed E-state index contributed by atoms with van der Waals surface area (Å²) in [6.07, 6.45) is -3.23. The average molecular weight is 291 g/mol. The monoisotopic (exact) mass is 291 g/mol. The molecule has 116 valence electrons. The first-order chi connectivity index (χ1) is 9.26. The Hall–Kier alpha value is -1.04. The van der Waals surface area contributed by atoms with Gasteiger partial charge in [-0.2, -0.15) is 18.3 Å². The molecule has 0 saturated carbocycles. The van der Waals surface area contributed by atoms with Crippen LogP contribution in [0.15, 0.2) is 0 Å². The fourth-order valence-corrected chi connectivity index (χ4v) is 2.47. The predicted molar refractivity (Wildman–Crippen MR) is 73.6 cm³/mol. The minimum Gasteiger partial charge on any atom is -0.310 e. The summed E-state index contributed by atoms with van der Waals surface area (Å²) >= 11 is 0. The molecule has 0 radical (unpaired) electrons. The maximum absolute atomic E-state index is 12.3. The molecule has 0 aromatic carbocycles. The van der Waals surface area contributed by atoms with Gasteiger partial charge in [-0.1, -0.05) is 6.92 Å². The van der Waals surface area contributed by atoms with Crippen molar-refractivity contribution in [3.05, 3.63) is 17.0 Å². The molecule has 1 atom stereocenters. The lowest BCUT2D eigenvalue weighted by Gasteiger charge is -2.20. The number of nitrogens with zero attached hydrogens (tertiary/aromatic N) is 2. The van der Waals surface area contributed by atoms with Crippen LogP contribution in [0, 0.1) is 13.8 Å². The molecule has 6 heteroatoms.